The molecule has 6 nitrogen and oxygen atoms in total. The summed E-state index contributed by atoms with van der Waals surface area (Å²) in [5.74, 6) is 0. The number of amides is 2. The SMILES string of the molecule is O=C(Nc1cccc(-c2ccn[nH]2)c1)NC1CCOC1. The van der Waals surface area contributed by atoms with Crippen LogP contribution in [0.2, 0.25) is 0 Å². The highest BCUT2D eigenvalue weighted by Gasteiger charge is 2.17. The summed E-state index contributed by atoms with van der Waals surface area (Å²) < 4.78 is 5.22. The van der Waals surface area contributed by atoms with Crippen molar-refractivity contribution >= 4 is 11.7 Å². The van der Waals surface area contributed by atoms with E-state index in [1.165, 1.54) is 0 Å². The van der Waals surface area contributed by atoms with Crippen molar-refractivity contribution in [1.82, 2.24) is 15.5 Å². The lowest BCUT2D eigenvalue weighted by molar-refractivity contribution is 0.189. The van der Waals surface area contributed by atoms with Gasteiger partial charge >= 0.3 is 6.03 Å². The molecule has 2 aromatic rings. The maximum Gasteiger partial charge on any atom is 0.319 e. The van der Waals surface area contributed by atoms with Crippen LogP contribution in [0.3, 0.4) is 0 Å². The number of urea groups is 1. The molecule has 1 aliphatic heterocycles. The second kappa shape index (κ2) is 5.75. The van der Waals surface area contributed by atoms with Crippen LogP contribution in [0.1, 0.15) is 6.42 Å². The molecule has 0 aliphatic carbocycles. The van der Waals surface area contributed by atoms with Crippen molar-refractivity contribution in [2.24, 2.45) is 0 Å². The molecule has 1 aromatic carbocycles. The quantitative estimate of drug-likeness (QED) is 0.799. The van der Waals surface area contributed by atoms with Crippen molar-refractivity contribution in [3.63, 3.8) is 0 Å². The molecule has 1 atom stereocenters. The highest BCUT2D eigenvalue weighted by atomic mass is 16.5. The number of ether oxygens (including phenoxy) is 1. The summed E-state index contributed by atoms with van der Waals surface area (Å²) in [6.07, 6.45) is 2.56. The Hall–Kier alpha value is -2.34. The van der Waals surface area contributed by atoms with E-state index in [1.807, 2.05) is 30.3 Å². The monoisotopic (exact) mass is 272 g/mol. The second-order valence-electron chi connectivity index (χ2n) is 4.71. The standard InChI is InChI=1S/C14H16N4O2/c19-14(17-12-5-7-20-9-12)16-11-3-1-2-10(8-11)13-4-6-15-18-13/h1-4,6,8,12H,5,7,9H2,(H,15,18)(H2,16,17,19). The Morgan fingerprint density at radius 3 is 3.10 bits per heavy atom. The Morgan fingerprint density at radius 2 is 2.35 bits per heavy atom. The van der Waals surface area contributed by atoms with Gasteiger partial charge in [0, 0.05) is 24.1 Å². The van der Waals surface area contributed by atoms with E-state index in [0.29, 0.717) is 13.2 Å². The van der Waals surface area contributed by atoms with E-state index in [2.05, 4.69) is 20.8 Å². The van der Waals surface area contributed by atoms with Gasteiger partial charge in [-0.2, -0.15) is 5.10 Å². The van der Waals surface area contributed by atoms with Gasteiger partial charge in [0.1, 0.15) is 0 Å². The molecule has 2 heterocycles. The zero-order chi connectivity index (χ0) is 13.8. The Kier molecular flexibility index (Phi) is 3.64. The lowest BCUT2D eigenvalue weighted by atomic mass is 10.1. The van der Waals surface area contributed by atoms with Gasteiger partial charge in [-0.3, -0.25) is 5.10 Å². The van der Waals surface area contributed by atoms with Gasteiger partial charge in [-0.15, -0.1) is 0 Å². The largest absolute Gasteiger partial charge is 0.379 e. The van der Waals surface area contributed by atoms with E-state index in [1.54, 1.807) is 6.20 Å². The second-order valence-corrected chi connectivity index (χ2v) is 4.71. The smallest absolute Gasteiger partial charge is 0.319 e. The summed E-state index contributed by atoms with van der Waals surface area (Å²) in [5.41, 5.74) is 2.64. The molecule has 20 heavy (non-hydrogen) atoms. The number of rotatable bonds is 3. The van der Waals surface area contributed by atoms with Crippen molar-refractivity contribution in [2.75, 3.05) is 18.5 Å². The number of aromatic amines is 1. The van der Waals surface area contributed by atoms with Crippen LogP contribution in [-0.2, 0) is 4.74 Å². The van der Waals surface area contributed by atoms with Gasteiger partial charge in [0.15, 0.2) is 0 Å². The Bertz CT molecular complexity index is 577. The Labute approximate surface area is 116 Å². The number of H-pyrrole nitrogens is 1. The molecule has 0 bridgehead atoms. The molecule has 1 unspecified atom stereocenters. The van der Waals surface area contributed by atoms with E-state index in [9.17, 15) is 4.79 Å². The van der Waals surface area contributed by atoms with Crippen molar-refractivity contribution in [1.29, 1.82) is 0 Å². The van der Waals surface area contributed by atoms with Gasteiger partial charge in [-0.25, -0.2) is 4.79 Å². The third kappa shape index (κ3) is 2.97. The average Bonchev–Trinajstić information content (AvgIpc) is 3.11. The molecular formula is C14H16N4O2. The van der Waals surface area contributed by atoms with Crippen molar-refractivity contribution < 1.29 is 9.53 Å². The van der Waals surface area contributed by atoms with E-state index in [4.69, 9.17) is 4.74 Å². The molecule has 3 rings (SSSR count). The van der Waals surface area contributed by atoms with Crippen LogP contribution in [0.25, 0.3) is 11.3 Å². The first-order chi connectivity index (χ1) is 9.81. The number of nitrogens with one attached hydrogen (secondary N) is 3. The molecular weight excluding hydrogens is 256 g/mol. The minimum Gasteiger partial charge on any atom is -0.379 e. The Balaban J connectivity index is 1.65. The zero-order valence-electron chi connectivity index (χ0n) is 10.9. The summed E-state index contributed by atoms with van der Waals surface area (Å²) in [6.45, 7) is 1.29. The number of carbonyl (C=O) groups excluding carboxylic acids is 1. The molecule has 1 aliphatic rings. The lowest BCUT2D eigenvalue weighted by Crippen LogP contribution is -2.38. The first kappa shape index (κ1) is 12.7. The minimum atomic E-state index is -0.206. The van der Waals surface area contributed by atoms with Gasteiger partial charge in [-0.1, -0.05) is 12.1 Å². The lowest BCUT2D eigenvalue weighted by Gasteiger charge is -2.12. The van der Waals surface area contributed by atoms with Crippen LogP contribution in [-0.4, -0.2) is 35.5 Å². The van der Waals surface area contributed by atoms with Crippen LogP contribution in [0, 0.1) is 0 Å². The fourth-order valence-corrected chi connectivity index (χ4v) is 2.18. The summed E-state index contributed by atoms with van der Waals surface area (Å²) >= 11 is 0. The minimum absolute atomic E-state index is 0.103. The first-order valence-corrected chi connectivity index (χ1v) is 6.56. The highest BCUT2D eigenvalue weighted by molar-refractivity contribution is 5.90. The van der Waals surface area contributed by atoms with Gasteiger partial charge < -0.3 is 15.4 Å². The van der Waals surface area contributed by atoms with Crippen LogP contribution in [0.4, 0.5) is 10.5 Å². The number of hydrogen-bond donors (Lipinski definition) is 3. The fourth-order valence-electron chi connectivity index (χ4n) is 2.18. The predicted octanol–water partition coefficient (Wildman–Crippen LogP) is 1.99. The number of anilines is 1. The number of aromatic nitrogens is 2. The third-order valence-electron chi connectivity index (χ3n) is 3.20. The summed E-state index contributed by atoms with van der Waals surface area (Å²) in [6, 6.07) is 9.39. The van der Waals surface area contributed by atoms with E-state index in [-0.39, 0.29) is 12.1 Å². The first-order valence-electron chi connectivity index (χ1n) is 6.56. The van der Waals surface area contributed by atoms with Crippen molar-refractivity contribution in [2.45, 2.75) is 12.5 Å². The highest BCUT2D eigenvalue weighted by Crippen LogP contribution is 2.20. The molecule has 0 radical (unpaired) electrons. The number of benzene rings is 1. The molecule has 3 N–H and O–H groups in total. The summed E-state index contributed by atoms with van der Waals surface area (Å²) in [5, 5.41) is 12.5. The van der Waals surface area contributed by atoms with E-state index >= 15 is 0 Å². The molecule has 0 spiro atoms. The predicted molar refractivity (Wildman–Crippen MR) is 75.4 cm³/mol. The maximum atomic E-state index is 11.9. The van der Waals surface area contributed by atoms with Crippen LogP contribution in [0.5, 0.6) is 0 Å². The molecule has 2 amide bonds. The molecule has 1 fully saturated rings. The number of carbonyl (C=O) groups is 1. The van der Waals surface area contributed by atoms with Gasteiger partial charge in [0.25, 0.3) is 0 Å². The van der Waals surface area contributed by atoms with E-state index < -0.39 is 0 Å². The maximum absolute atomic E-state index is 11.9. The molecule has 6 heteroatoms. The average molecular weight is 272 g/mol. The number of hydrogen-bond acceptors (Lipinski definition) is 3. The molecule has 1 saturated heterocycles. The van der Waals surface area contributed by atoms with Crippen LogP contribution in [0.15, 0.2) is 36.5 Å². The van der Waals surface area contributed by atoms with Crippen molar-refractivity contribution in [3.05, 3.63) is 36.5 Å². The number of nitrogens with zero attached hydrogens (tertiary/aromatic N) is 1. The molecule has 1 aromatic heterocycles. The Morgan fingerprint density at radius 1 is 1.40 bits per heavy atom. The van der Waals surface area contributed by atoms with Crippen LogP contribution >= 0.6 is 0 Å². The van der Waals surface area contributed by atoms with Crippen molar-refractivity contribution in [3.8, 4) is 11.3 Å². The third-order valence-corrected chi connectivity index (χ3v) is 3.20. The normalized spacial score (nSPS) is 17.9. The van der Waals surface area contributed by atoms with Gasteiger partial charge in [0.05, 0.1) is 18.3 Å². The fraction of sp³-hybridized carbons (Fsp3) is 0.286. The van der Waals surface area contributed by atoms with E-state index in [0.717, 1.165) is 23.4 Å². The van der Waals surface area contributed by atoms with Gasteiger partial charge in [-0.05, 0) is 24.6 Å². The molecule has 0 saturated carbocycles. The summed E-state index contributed by atoms with van der Waals surface area (Å²) in [4.78, 5) is 11.9. The zero-order valence-corrected chi connectivity index (χ0v) is 10.9. The van der Waals surface area contributed by atoms with Gasteiger partial charge in [0.2, 0.25) is 0 Å². The van der Waals surface area contributed by atoms with Crippen LogP contribution < -0.4 is 10.6 Å². The molecule has 104 valence electrons. The summed E-state index contributed by atoms with van der Waals surface area (Å²) in [7, 11) is 0. The topological polar surface area (TPSA) is 79.0 Å².